The van der Waals surface area contributed by atoms with Crippen LogP contribution in [0.5, 0.6) is 0 Å². The van der Waals surface area contributed by atoms with Crippen molar-refractivity contribution < 1.29 is 28.7 Å². The van der Waals surface area contributed by atoms with Crippen LogP contribution in [0.25, 0.3) is 0 Å². The lowest BCUT2D eigenvalue weighted by molar-refractivity contribution is -0.148. The number of amides is 3. The van der Waals surface area contributed by atoms with E-state index in [0.29, 0.717) is 24.0 Å². The Morgan fingerprint density at radius 1 is 1.23 bits per heavy atom. The standard InChI is InChI=1S/C18H20N2O6/c1-25-15(22)13-6-4-5-12(9-13)11-26-14(21)10-20-16(23)18(19-17(20)24)7-2-3-8-18/h4-6,9H,2-3,7-8,10-11H2,1H3,(H,19,24). The highest BCUT2D eigenvalue weighted by Crippen LogP contribution is 2.34. The Morgan fingerprint density at radius 3 is 2.65 bits per heavy atom. The maximum Gasteiger partial charge on any atom is 0.337 e. The molecule has 1 aliphatic heterocycles. The number of carbonyl (C=O) groups is 4. The lowest BCUT2D eigenvalue weighted by Gasteiger charge is -2.19. The smallest absolute Gasteiger partial charge is 0.337 e. The summed E-state index contributed by atoms with van der Waals surface area (Å²) in [6.45, 7) is -0.498. The van der Waals surface area contributed by atoms with Crippen molar-refractivity contribution in [3.63, 3.8) is 0 Å². The number of nitrogens with one attached hydrogen (secondary N) is 1. The zero-order chi connectivity index (χ0) is 18.7. The van der Waals surface area contributed by atoms with Crippen LogP contribution < -0.4 is 5.32 Å². The molecule has 1 saturated carbocycles. The van der Waals surface area contributed by atoms with Crippen LogP contribution in [-0.4, -0.2) is 48.0 Å². The van der Waals surface area contributed by atoms with Gasteiger partial charge < -0.3 is 14.8 Å². The molecule has 3 amide bonds. The van der Waals surface area contributed by atoms with E-state index in [1.807, 2.05) is 0 Å². The maximum atomic E-state index is 12.5. The van der Waals surface area contributed by atoms with E-state index in [1.165, 1.54) is 7.11 Å². The van der Waals surface area contributed by atoms with Crippen LogP contribution in [0.15, 0.2) is 24.3 Å². The molecule has 8 nitrogen and oxygen atoms in total. The SMILES string of the molecule is COC(=O)c1cccc(COC(=O)CN2C(=O)NC3(CCCC3)C2=O)c1. The number of ether oxygens (including phenoxy) is 2. The highest BCUT2D eigenvalue weighted by Gasteiger charge is 2.52. The molecule has 3 rings (SSSR count). The first kappa shape index (κ1) is 17.9. The molecule has 0 unspecified atom stereocenters. The van der Waals surface area contributed by atoms with E-state index in [2.05, 4.69) is 10.1 Å². The molecule has 0 aromatic heterocycles. The lowest BCUT2D eigenvalue weighted by atomic mass is 9.98. The molecule has 0 atom stereocenters. The molecule has 8 heteroatoms. The maximum absolute atomic E-state index is 12.5. The van der Waals surface area contributed by atoms with Gasteiger partial charge in [-0.3, -0.25) is 14.5 Å². The second-order valence-electron chi connectivity index (χ2n) is 6.46. The Bertz CT molecular complexity index is 754. The third-order valence-corrected chi connectivity index (χ3v) is 4.74. The number of rotatable bonds is 5. The van der Waals surface area contributed by atoms with Crippen molar-refractivity contribution >= 4 is 23.9 Å². The summed E-state index contributed by atoms with van der Waals surface area (Å²) in [4.78, 5) is 49.0. The highest BCUT2D eigenvalue weighted by molar-refractivity contribution is 6.08. The third-order valence-electron chi connectivity index (χ3n) is 4.74. The van der Waals surface area contributed by atoms with Crippen molar-refractivity contribution in [2.75, 3.05) is 13.7 Å². The van der Waals surface area contributed by atoms with Crippen molar-refractivity contribution in [1.82, 2.24) is 10.2 Å². The number of nitrogens with zero attached hydrogens (tertiary/aromatic N) is 1. The number of carbonyl (C=O) groups excluding carboxylic acids is 4. The van der Waals surface area contributed by atoms with Crippen LogP contribution in [0.4, 0.5) is 4.79 Å². The Morgan fingerprint density at radius 2 is 1.96 bits per heavy atom. The normalized spacial score (nSPS) is 18.1. The van der Waals surface area contributed by atoms with Gasteiger partial charge in [-0.05, 0) is 30.5 Å². The fourth-order valence-electron chi connectivity index (χ4n) is 3.38. The predicted octanol–water partition coefficient (Wildman–Crippen LogP) is 1.38. The minimum Gasteiger partial charge on any atom is -0.465 e. The molecule has 0 radical (unpaired) electrons. The molecule has 1 spiro atoms. The first-order valence-corrected chi connectivity index (χ1v) is 8.42. The Labute approximate surface area is 150 Å². The summed E-state index contributed by atoms with van der Waals surface area (Å²) in [7, 11) is 1.28. The molecule has 1 saturated heterocycles. The van der Waals surface area contributed by atoms with Gasteiger partial charge in [-0.25, -0.2) is 9.59 Å². The second kappa shape index (κ2) is 7.15. The van der Waals surface area contributed by atoms with Gasteiger partial charge in [0, 0.05) is 0 Å². The molecule has 1 heterocycles. The number of urea groups is 1. The number of esters is 2. The zero-order valence-electron chi connectivity index (χ0n) is 14.4. The first-order valence-electron chi connectivity index (χ1n) is 8.42. The van der Waals surface area contributed by atoms with E-state index in [1.54, 1.807) is 24.3 Å². The number of benzene rings is 1. The van der Waals surface area contributed by atoms with Gasteiger partial charge in [-0.2, -0.15) is 0 Å². The molecule has 1 aliphatic carbocycles. The van der Waals surface area contributed by atoms with Crippen molar-refractivity contribution in [1.29, 1.82) is 0 Å². The highest BCUT2D eigenvalue weighted by atomic mass is 16.5. The van der Waals surface area contributed by atoms with E-state index in [0.717, 1.165) is 17.7 Å². The number of imide groups is 1. The van der Waals surface area contributed by atoms with Gasteiger partial charge >= 0.3 is 18.0 Å². The topological polar surface area (TPSA) is 102 Å². The van der Waals surface area contributed by atoms with E-state index in [4.69, 9.17) is 4.74 Å². The average Bonchev–Trinajstić information content (AvgIpc) is 3.20. The van der Waals surface area contributed by atoms with Crippen LogP contribution >= 0.6 is 0 Å². The molecule has 1 aromatic carbocycles. The van der Waals surface area contributed by atoms with E-state index in [9.17, 15) is 19.2 Å². The summed E-state index contributed by atoms with van der Waals surface area (Å²) in [6, 6.07) is 5.94. The number of hydrogen-bond acceptors (Lipinski definition) is 6. The predicted molar refractivity (Wildman–Crippen MR) is 89.0 cm³/mol. The van der Waals surface area contributed by atoms with Gasteiger partial charge in [0.25, 0.3) is 5.91 Å². The summed E-state index contributed by atoms with van der Waals surface area (Å²) in [5.74, 6) is -1.53. The van der Waals surface area contributed by atoms with Crippen LogP contribution in [0.2, 0.25) is 0 Å². The summed E-state index contributed by atoms with van der Waals surface area (Å²) < 4.78 is 9.78. The molecular formula is C18H20N2O6. The minimum atomic E-state index is -0.841. The number of methoxy groups -OCH3 is 1. The molecule has 1 aromatic rings. The summed E-state index contributed by atoms with van der Waals surface area (Å²) in [5.41, 5.74) is 0.107. The third kappa shape index (κ3) is 3.40. The van der Waals surface area contributed by atoms with Gasteiger partial charge in [0.05, 0.1) is 12.7 Å². The van der Waals surface area contributed by atoms with Gasteiger partial charge in [0.15, 0.2) is 0 Å². The summed E-state index contributed by atoms with van der Waals surface area (Å²) >= 11 is 0. The fourth-order valence-corrected chi connectivity index (χ4v) is 3.38. The second-order valence-corrected chi connectivity index (χ2v) is 6.46. The summed E-state index contributed by atoms with van der Waals surface area (Å²) in [5, 5.41) is 2.71. The van der Waals surface area contributed by atoms with Crippen molar-refractivity contribution in [3.8, 4) is 0 Å². The Hall–Kier alpha value is -2.90. The van der Waals surface area contributed by atoms with Crippen molar-refractivity contribution in [2.24, 2.45) is 0 Å². The zero-order valence-corrected chi connectivity index (χ0v) is 14.4. The quantitative estimate of drug-likeness (QED) is 0.629. The first-order chi connectivity index (χ1) is 12.4. The molecule has 138 valence electrons. The van der Waals surface area contributed by atoms with Crippen molar-refractivity contribution in [3.05, 3.63) is 35.4 Å². The van der Waals surface area contributed by atoms with Crippen molar-refractivity contribution in [2.45, 2.75) is 37.8 Å². The molecule has 2 aliphatic rings. The Kier molecular flexibility index (Phi) is 4.92. The molecule has 26 heavy (non-hydrogen) atoms. The summed E-state index contributed by atoms with van der Waals surface area (Å²) in [6.07, 6.45) is 2.95. The Balaban J connectivity index is 1.57. The van der Waals surface area contributed by atoms with Crippen LogP contribution in [0.3, 0.4) is 0 Å². The minimum absolute atomic E-state index is 0.0710. The van der Waals surface area contributed by atoms with E-state index in [-0.39, 0.29) is 12.5 Å². The molecule has 2 fully saturated rings. The molecule has 1 N–H and O–H groups in total. The largest absolute Gasteiger partial charge is 0.465 e. The van der Waals surface area contributed by atoms with Gasteiger partial charge in [0.1, 0.15) is 18.7 Å². The number of hydrogen-bond donors (Lipinski definition) is 1. The van der Waals surface area contributed by atoms with Crippen LogP contribution in [0, 0.1) is 0 Å². The van der Waals surface area contributed by atoms with Gasteiger partial charge in [0.2, 0.25) is 0 Å². The average molecular weight is 360 g/mol. The lowest BCUT2D eigenvalue weighted by Crippen LogP contribution is -2.44. The van der Waals surface area contributed by atoms with Crippen LogP contribution in [0.1, 0.15) is 41.6 Å². The monoisotopic (exact) mass is 360 g/mol. The molecule has 0 bridgehead atoms. The van der Waals surface area contributed by atoms with Gasteiger partial charge in [-0.1, -0.05) is 25.0 Å². The van der Waals surface area contributed by atoms with Gasteiger partial charge in [-0.15, -0.1) is 0 Å². The van der Waals surface area contributed by atoms with E-state index < -0.39 is 30.1 Å². The van der Waals surface area contributed by atoms with E-state index >= 15 is 0 Å². The fraction of sp³-hybridized carbons (Fsp3) is 0.444. The molecular weight excluding hydrogens is 340 g/mol. The van der Waals surface area contributed by atoms with Crippen LogP contribution in [-0.2, 0) is 25.7 Å².